The van der Waals surface area contributed by atoms with Crippen molar-refractivity contribution in [2.75, 3.05) is 11.9 Å². The van der Waals surface area contributed by atoms with E-state index in [4.69, 9.17) is 0 Å². The molecule has 1 amide bonds. The van der Waals surface area contributed by atoms with Gasteiger partial charge in [-0.2, -0.15) is 0 Å². The Hall–Kier alpha value is -1.00. The third-order valence-corrected chi connectivity index (χ3v) is 5.45. The van der Waals surface area contributed by atoms with Crippen molar-refractivity contribution in [2.45, 2.75) is 55.2 Å². The standard InChI is InChI=1S/C16H22N2OS/c1-2-17-15-13-9-8-12(10-14(13)18-16(15)19)20-11-6-4-3-5-7-11/h8-11,15,17H,2-7H2,1H3,(H,18,19). The number of thioether (sulfide) groups is 1. The molecule has 1 saturated carbocycles. The number of amides is 1. The number of hydrogen-bond acceptors (Lipinski definition) is 3. The van der Waals surface area contributed by atoms with Gasteiger partial charge in [0.15, 0.2) is 0 Å². The molecule has 2 N–H and O–H groups in total. The second-order valence-corrected chi connectivity index (χ2v) is 6.98. The van der Waals surface area contributed by atoms with Crippen LogP contribution in [-0.2, 0) is 4.79 Å². The molecule has 1 aromatic rings. The van der Waals surface area contributed by atoms with E-state index in [-0.39, 0.29) is 11.9 Å². The van der Waals surface area contributed by atoms with Gasteiger partial charge in [-0.15, -0.1) is 11.8 Å². The zero-order chi connectivity index (χ0) is 13.9. The number of benzene rings is 1. The van der Waals surface area contributed by atoms with Gasteiger partial charge in [0.2, 0.25) is 5.91 Å². The fourth-order valence-corrected chi connectivity index (χ4v) is 4.38. The molecule has 0 bridgehead atoms. The molecule has 108 valence electrons. The van der Waals surface area contributed by atoms with Gasteiger partial charge in [-0.05, 0) is 31.5 Å². The van der Waals surface area contributed by atoms with E-state index in [2.05, 4.69) is 28.8 Å². The second-order valence-electron chi connectivity index (χ2n) is 5.61. The predicted molar refractivity (Wildman–Crippen MR) is 84.2 cm³/mol. The lowest BCUT2D eigenvalue weighted by Gasteiger charge is -2.21. The molecule has 1 aliphatic carbocycles. The Kier molecular flexibility index (Phi) is 4.32. The van der Waals surface area contributed by atoms with E-state index >= 15 is 0 Å². The quantitative estimate of drug-likeness (QED) is 0.888. The maximum Gasteiger partial charge on any atom is 0.246 e. The van der Waals surface area contributed by atoms with Gasteiger partial charge in [-0.25, -0.2) is 0 Å². The first-order valence-electron chi connectivity index (χ1n) is 7.63. The van der Waals surface area contributed by atoms with Crippen LogP contribution in [0.1, 0.15) is 50.6 Å². The molecule has 1 aliphatic heterocycles. The van der Waals surface area contributed by atoms with Crippen LogP contribution < -0.4 is 10.6 Å². The van der Waals surface area contributed by atoms with Crippen LogP contribution in [-0.4, -0.2) is 17.7 Å². The van der Waals surface area contributed by atoms with Crippen LogP contribution >= 0.6 is 11.8 Å². The average molecular weight is 290 g/mol. The summed E-state index contributed by atoms with van der Waals surface area (Å²) in [6.45, 7) is 2.83. The molecule has 0 spiro atoms. The fourth-order valence-electron chi connectivity index (χ4n) is 3.10. The molecule has 3 nitrogen and oxygen atoms in total. The summed E-state index contributed by atoms with van der Waals surface area (Å²) >= 11 is 1.97. The van der Waals surface area contributed by atoms with Gasteiger partial charge in [0.25, 0.3) is 0 Å². The van der Waals surface area contributed by atoms with Gasteiger partial charge in [0.05, 0.1) is 0 Å². The molecule has 20 heavy (non-hydrogen) atoms. The summed E-state index contributed by atoms with van der Waals surface area (Å²) in [5.74, 6) is 0.0710. The number of carbonyl (C=O) groups is 1. The summed E-state index contributed by atoms with van der Waals surface area (Å²) in [6, 6.07) is 6.24. The molecule has 1 unspecified atom stereocenters. The maximum atomic E-state index is 11.9. The summed E-state index contributed by atoms with van der Waals surface area (Å²) in [6.07, 6.45) is 6.77. The number of carbonyl (C=O) groups excluding carboxylic acids is 1. The lowest BCUT2D eigenvalue weighted by Crippen LogP contribution is -2.27. The van der Waals surface area contributed by atoms with Gasteiger partial charge in [0.1, 0.15) is 6.04 Å². The van der Waals surface area contributed by atoms with Crippen LogP contribution in [0.4, 0.5) is 5.69 Å². The average Bonchev–Trinajstić information content (AvgIpc) is 2.76. The molecule has 1 aromatic carbocycles. The number of likely N-dealkylation sites (N-methyl/N-ethyl adjacent to an activating group) is 1. The topological polar surface area (TPSA) is 41.1 Å². The van der Waals surface area contributed by atoms with E-state index in [0.717, 1.165) is 23.0 Å². The van der Waals surface area contributed by atoms with Gasteiger partial charge in [-0.1, -0.05) is 32.3 Å². The molecule has 1 fully saturated rings. The molecule has 1 atom stereocenters. The Labute approximate surface area is 124 Å². The number of anilines is 1. The Morgan fingerprint density at radius 2 is 2.10 bits per heavy atom. The highest BCUT2D eigenvalue weighted by Crippen LogP contribution is 2.38. The maximum absolute atomic E-state index is 11.9. The first kappa shape index (κ1) is 14.0. The first-order valence-corrected chi connectivity index (χ1v) is 8.50. The van der Waals surface area contributed by atoms with Crippen LogP contribution in [0.3, 0.4) is 0 Å². The zero-order valence-electron chi connectivity index (χ0n) is 11.9. The van der Waals surface area contributed by atoms with Crippen molar-refractivity contribution in [3.05, 3.63) is 23.8 Å². The molecule has 0 saturated heterocycles. The van der Waals surface area contributed by atoms with E-state index in [0.29, 0.717) is 0 Å². The normalized spacial score (nSPS) is 22.6. The third kappa shape index (κ3) is 2.86. The smallest absolute Gasteiger partial charge is 0.246 e. The third-order valence-electron chi connectivity index (χ3n) is 4.12. The highest BCUT2D eigenvalue weighted by molar-refractivity contribution is 8.00. The highest BCUT2D eigenvalue weighted by Gasteiger charge is 2.29. The van der Waals surface area contributed by atoms with Crippen LogP contribution in [0, 0.1) is 0 Å². The van der Waals surface area contributed by atoms with Crippen LogP contribution in [0.25, 0.3) is 0 Å². The molecule has 3 rings (SSSR count). The summed E-state index contributed by atoms with van der Waals surface area (Å²) in [7, 11) is 0. The lowest BCUT2D eigenvalue weighted by atomic mass is 10.0. The number of fused-ring (bicyclic) bond motifs is 1. The SMILES string of the molecule is CCNC1C(=O)Nc2cc(SC3CCCCC3)ccc21. The molecular weight excluding hydrogens is 268 g/mol. The molecule has 4 heteroatoms. The minimum Gasteiger partial charge on any atom is -0.324 e. The van der Waals surface area contributed by atoms with E-state index in [1.165, 1.54) is 37.0 Å². The van der Waals surface area contributed by atoms with E-state index in [1.54, 1.807) is 0 Å². The van der Waals surface area contributed by atoms with E-state index in [1.807, 2.05) is 18.7 Å². The fraction of sp³-hybridized carbons (Fsp3) is 0.562. The van der Waals surface area contributed by atoms with Gasteiger partial charge in [-0.3, -0.25) is 4.79 Å². The Morgan fingerprint density at radius 3 is 2.85 bits per heavy atom. The highest BCUT2D eigenvalue weighted by atomic mass is 32.2. The molecule has 0 aromatic heterocycles. The molecular formula is C16H22N2OS. The van der Waals surface area contributed by atoms with Crippen molar-refractivity contribution in [1.82, 2.24) is 5.32 Å². The van der Waals surface area contributed by atoms with E-state index < -0.39 is 0 Å². The summed E-state index contributed by atoms with van der Waals surface area (Å²) < 4.78 is 0. The van der Waals surface area contributed by atoms with Crippen molar-refractivity contribution in [3.63, 3.8) is 0 Å². The Balaban J connectivity index is 1.73. The summed E-state index contributed by atoms with van der Waals surface area (Å²) in [5, 5.41) is 6.98. The lowest BCUT2D eigenvalue weighted by molar-refractivity contribution is -0.117. The molecule has 1 heterocycles. The van der Waals surface area contributed by atoms with Crippen molar-refractivity contribution < 1.29 is 4.79 Å². The van der Waals surface area contributed by atoms with Gasteiger partial charge in [0, 0.05) is 21.4 Å². The minimum absolute atomic E-state index is 0.0710. The van der Waals surface area contributed by atoms with Crippen molar-refractivity contribution in [2.24, 2.45) is 0 Å². The molecule has 0 radical (unpaired) electrons. The summed E-state index contributed by atoms with van der Waals surface area (Å²) in [4.78, 5) is 13.2. The Morgan fingerprint density at radius 1 is 1.30 bits per heavy atom. The van der Waals surface area contributed by atoms with Crippen LogP contribution in [0.15, 0.2) is 23.1 Å². The minimum atomic E-state index is -0.177. The van der Waals surface area contributed by atoms with E-state index in [9.17, 15) is 4.79 Å². The second kappa shape index (κ2) is 6.19. The van der Waals surface area contributed by atoms with Crippen molar-refractivity contribution >= 4 is 23.4 Å². The number of nitrogens with one attached hydrogen (secondary N) is 2. The van der Waals surface area contributed by atoms with Crippen molar-refractivity contribution in [1.29, 1.82) is 0 Å². The zero-order valence-corrected chi connectivity index (χ0v) is 12.8. The molecule has 2 aliphatic rings. The van der Waals surface area contributed by atoms with Gasteiger partial charge >= 0.3 is 0 Å². The van der Waals surface area contributed by atoms with Crippen LogP contribution in [0.2, 0.25) is 0 Å². The predicted octanol–water partition coefficient (Wildman–Crippen LogP) is 3.71. The largest absolute Gasteiger partial charge is 0.324 e. The number of rotatable bonds is 4. The first-order chi connectivity index (χ1) is 9.78. The van der Waals surface area contributed by atoms with Gasteiger partial charge < -0.3 is 10.6 Å². The van der Waals surface area contributed by atoms with Crippen molar-refractivity contribution in [3.8, 4) is 0 Å². The Bertz CT molecular complexity index is 497. The van der Waals surface area contributed by atoms with Crippen LogP contribution in [0.5, 0.6) is 0 Å². The summed E-state index contributed by atoms with van der Waals surface area (Å²) in [5.41, 5.74) is 2.08. The monoisotopic (exact) mass is 290 g/mol. The number of hydrogen-bond donors (Lipinski definition) is 2.